The van der Waals surface area contributed by atoms with Crippen LogP contribution >= 0.6 is 12.2 Å². The molecule has 2 rings (SSSR count). The maximum Gasteiger partial charge on any atom is 0.416 e. The number of carbonyl (C=O) groups excluding carboxylic acids is 1. The van der Waals surface area contributed by atoms with Gasteiger partial charge in [0.05, 0.1) is 27.0 Å². The number of nitrogens with one attached hydrogen (secondary N) is 2. The van der Waals surface area contributed by atoms with Gasteiger partial charge in [0.2, 0.25) is 11.8 Å². The Labute approximate surface area is 178 Å². The van der Waals surface area contributed by atoms with Crippen molar-refractivity contribution in [3.63, 3.8) is 0 Å². The number of benzene rings is 1. The van der Waals surface area contributed by atoms with Crippen LogP contribution in [0.3, 0.4) is 0 Å². The van der Waals surface area contributed by atoms with Gasteiger partial charge in [-0.2, -0.15) is 23.1 Å². The number of aromatic nitrogens is 2. The lowest BCUT2D eigenvalue weighted by Crippen LogP contribution is -2.27. The number of hydrogen-bond acceptors (Lipinski definition) is 9. The highest BCUT2D eigenvalue weighted by molar-refractivity contribution is 7.78. The first kappa shape index (κ1) is 23.6. The van der Waals surface area contributed by atoms with Gasteiger partial charge in [-0.15, -0.1) is 0 Å². The zero-order valence-electron chi connectivity index (χ0n) is 16.3. The van der Waals surface area contributed by atoms with Gasteiger partial charge >= 0.3 is 18.0 Å². The summed E-state index contributed by atoms with van der Waals surface area (Å²) in [5.41, 5.74) is -2.78. The Hall–Kier alpha value is -3.64. The molecule has 0 unspecified atom stereocenters. The number of thiocarbonyl (C=S) groups is 1. The monoisotopic (exact) mass is 456 g/mol. The first-order valence-corrected chi connectivity index (χ1v) is 8.78. The molecule has 0 aliphatic heterocycles. The van der Waals surface area contributed by atoms with Crippen molar-refractivity contribution in [1.82, 2.24) is 9.97 Å². The summed E-state index contributed by atoms with van der Waals surface area (Å²) in [6.45, 7) is 4.84. The smallest absolute Gasteiger partial charge is 0.416 e. The van der Waals surface area contributed by atoms with Gasteiger partial charge in [-0.25, -0.2) is 9.78 Å². The Morgan fingerprint density at radius 1 is 1.29 bits per heavy atom. The number of aliphatic imine (C=N–C) groups is 1. The van der Waals surface area contributed by atoms with Gasteiger partial charge in [-0.3, -0.25) is 15.4 Å². The van der Waals surface area contributed by atoms with Crippen molar-refractivity contribution in [3.05, 3.63) is 40.1 Å². The van der Waals surface area contributed by atoms with E-state index in [9.17, 15) is 28.1 Å². The minimum absolute atomic E-state index is 0.0796. The van der Waals surface area contributed by atoms with E-state index in [0.717, 1.165) is 18.3 Å². The van der Waals surface area contributed by atoms with Crippen LogP contribution in [0.25, 0.3) is 0 Å². The molecule has 1 heterocycles. The second-order valence-electron chi connectivity index (χ2n) is 6.87. The Morgan fingerprint density at radius 2 is 1.97 bits per heavy atom. The van der Waals surface area contributed by atoms with Gasteiger partial charge in [0.15, 0.2) is 0 Å². The quantitative estimate of drug-likeness (QED) is 0.271. The fourth-order valence-corrected chi connectivity index (χ4v) is 2.23. The number of rotatable bonds is 5. The zero-order valence-corrected chi connectivity index (χ0v) is 17.1. The predicted octanol–water partition coefficient (Wildman–Crippen LogP) is 5.23. The molecular formula is C17H15F3N6O4S. The van der Waals surface area contributed by atoms with Crippen LogP contribution in [0.5, 0.6) is 0 Å². The van der Waals surface area contributed by atoms with E-state index in [4.69, 9.17) is 4.74 Å². The second-order valence-corrected chi connectivity index (χ2v) is 7.06. The topological polar surface area (TPSA) is 132 Å². The molecule has 0 saturated carbocycles. The van der Waals surface area contributed by atoms with Crippen molar-refractivity contribution in [3.8, 4) is 0 Å². The molecule has 0 fully saturated rings. The molecule has 1 amide bonds. The lowest BCUT2D eigenvalue weighted by Gasteiger charge is -2.21. The van der Waals surface area contributed by atoms with Crippen LogP contribution in [0.4, 0.5) is 46.8 Å². The zero-order chi connectivity index (χ0) is 23.4. The number of hydrogen-bond donors (Lipinski definition) is 2. The van der Waals surface area contributed by atoms with E-state index in [1.54, 1.807) is 20.8 Å². The second kappa shape index (κ2) is 9.02. The van der Waals surface area contributed by atoms with E-state index < -0.39 is 39.9 Å². The average molecular weight is 456 g/mol. The predicted molar refractivity (Wildman–Crippen MR) is 108 cm³/mol. The van der Waals surface area contributed by atoms with Gasteiger partial charge in [0, 0.05) is 0 Å². The van der Waals surface area contributed by atoms with Gasteiger partial charge < -0.3 is 10.1 Å². The Balaban J connectivity index is 2.47. The van der Waals surface area contributed by atoms with E-state index in [2.05, 4.69) is 37.8 Å². The maximum absolute atomic E-state index is 13.1. The number of carbonyl (C=O) groups is 1. The minimum atomic E-state index is -4.68. The van der Waals surface area contributed by atoms with E-state index >= 15 is 0 Å². The third-order valence-corrected chi connectivity index (χ3v) is 3.42. The summed E-state index contributed by atoms with van der Waals surface area (Å²) in [5, 5.41) is 17.7. The van der Waals surface area contributed by atoms with Crippen LogP contribution in [-0.2, 0) is 10.9 Å². The van der Waals surface area contributed by atoms with Crippen LogP contribution < -0.4 is 10.6 Å². The first-order chi connectivity index (χ1) is 14.3. The van der Waals surface area contributed by atoms with Crippen molar-refractivity contribution in [1.29, 1.82) is 0 Å². The highest BCUT2D eigenvalue weighted by Gasteiger charge is 2.31. The number of halogens is 3. The summed E-state index contributed by atoms with van der Waals surface area (Å²) in [6.07, 6.45) is -4.79. The largest absolute Gasteiger partial charge is 0.444 e. The number of amides is 1. The Kier molecular flexibility index (Phi) is 6.88. The fourth-order valence-electron chi connectivity index (χ4n) is 2.15. The molecule has 10 nitrogen and oxygen atoms in total. The average Bonchev–Trinajstić information content (AvgIpc) is 2.61. The van der Waals surface area contributed by atoms with E-state index in [-0.39, 0.29) is 17.3 Å². The fraction of sp³-hybridized carbons (Fsp3) is 0.294. The molecule has 2 aromatic rings. The van der Waals surface area contributed by atoms with Crippen LogP contribution in [0.2, 0.25) is 0 Å². The number of nitrogens with zero attached hydrogens (tertiary/aromatic N) is 4. The summed E-state index contributed by atoms with van der Waals surface area (Å²) in [4.78, 5) is 33.2. The minimum Gasteiger partial charge on any atom is -0.444 e. The molecule has 0 bridgehead atoms. The third-order valence-electron chi connectivity index (χ3n) is 3.33. The summed E-state index contributed by atoms with van der Waals surface area (Å²) in [5.74, 6) is -0.785. The maximum atomic E-state index is 13.1. The number of anilines is 3. The van der Waals surface area contributed by atoms with Crippen molar-refractivity contribution in [2.45, 2.75) is 32.5 Å². The number of alkyl halides is 3. The molecule has 164 valence electrons. The summed E-state index contributed by atoms with van der Waals surface area (Å²) in [6, 6.07) is 2.48. The van der Waals surface area contributed by atoms with Gasteiger partial charge in [-0.1, -0.05) is 0 Å². The molecule has 14 heteroatoms. The molecule has 0 atom stereocenters. The molecule has 0 spiro atoms. The molecule has 1 aromatic heterocycles. The first-order valence-electron chi connectivity index (χ1n) is 8.38. The standard InChI is InChI=1S/C17H15F3N6O4S/c1-16(2,3)30-15(27)24-10-5-4-9(17(18,19)20)6-11(10)23-14-21-7-12(26(28)29)13(25-14)22-8-31/h4-7H,1-3H3,(H,24,27)(H,21,23,25). The summed E-state index contributed by atoms with van der Waals surface area (Å²) < 4.78 is 44.5. The van der Waals surface area contributed by atoms with Crippen LogP contribution in [0, 0.1) is 10.1 Å². The van der Waals surface area contributed by atoms with E-state index in [1.165, 1.54) is 0 Å². The molecule has 0 aliphatic carbocycles. The SMILES string of the molecule is CC(C)(C)OC(=O)Nc1ccc(C(F)(F)F)cc1Nc1ncc([N+](=O)[O-])c(N=C=S)n1. The Morgan fingerprint density at radius 3 is 2.52 bits per heavy atom. The molecule has 0 aliphatic rings. The summed E-state index contributed by atoms with van der Waals surface area (Å²) >= 11 is 4.42. The number of nitro groups is 1. The molecule has 31 heavy (non-hydrogen) atoms. The number of ether oxygens (including phenoxy) is 1. The lowest BCUT2D eigenvalue weighted by molar-refractivity contribution is -0.384. The Bertz CT molecular complexity index is 1060. The molecule has 0 radical (unpaired) electrons. The summed E-state index contributed by atoms with van der Waals surface area (Å²) in [7, 11) is 0. The van der Waals surface area contributed by atoms with Crippen molar-refractivity contribution < 1.29 is 27.6 Å². The highest BCUT2D eigenvalue weighted by Crippen LogP contribution is 2.35. The van der Waals surface area contributed by atoms with Crippen molar-refractivity contribution in [2.24, 2.45) is 4.99 Å². The lowest BCUT2D eigenvalue weighted by atomic mass is 10.1. The van der Waals surface area contributed by atoms with Crippen LogP contribution in [0.1, 0.15) is 26.3 Å². The number of isothiocyanates is 1. The highest BCUT2D eigenvalue weighted by atomic mass is 32.1. The molecule has 1 aromatic carbocycles. The van der Waals surface area contributed by atoms with Crippen molar-refractivity contribution >= 4 is 52.3 Å². The van der Waals surface area contributed by atoms with Gasteiger partial charge in [0.25, 0.3) is 0 Å². The van der Waals surface area contributed by atoms with Gasteiger partial charge in [-0.05, 0) is 51.2 Å². The third kappa shape index (κ3) is 6.69. The normalized spacial score (nSPS) is 11.3. The molecular weight excluding hydrogens is 441 g/mol. The van der Waals surface area contributed by atoms with Crippen molar-refractivity contribution in [2.75, 3.05) is 10.6 Å². The van der Waals surface area contributed by atoms with Gasteiger partial charge in [0.1, 0.15) is 11.8 Å². The van der Waals surface area contributed by atoms with Crippen LogP contribution in [0.15, 0.2) is 29.4 Å². The van der Waals surface area contributed by atoms with E-state index in [1.807, 2.05) is 5.16 Å². The van der Waals surface area contributed by atoms with Crippen LogP contribution in [-0.4, -0.2) is 31.7 Å². The molecule has 2 N–H and O–H groups in total. The van der Waals surface area contributed by atoms with E-state index in [0.29, 0.717) is 6.07 Å². The molecule has 0 saturated heterocycles.